The molecule has 18 heavy (non-hydrogen) atoms. The number of imidazole rings is 1. The molecule has 1 aromatic heterocycles. The van der Waals surface area contributed by atoms with E-state index in [9.17, 15) is 0 Å². The predicted molar refractivity (Wildman–Crippen MR) is 76.0 cm³/mol. The summed E-state index contributed by atoms with van der Waals surface area (Å²) in [6.45, 7) is 7.47. The first-order chi connectivity index (χ1) is 8.68. The summed E-state index contributed by atoms with van der Waals surface area (Å²) in [4.78, 5) is 4.43. The summed E-state index contributed by atoms with van der Waals surface area (Å²) in [6, 6.07) is 10.7. The van der Waals surface area contributed by atoms with Gasteiger partial charge in [-0.3, -0.25) is 0 Å². The molecule has 1 N–H and O–H groups in total. The molecule has 0 radical (unpaired) electrons. The van der Waals surface area contributed by atoms with E-state index in [4.69, 9.17) is 0 Å². The summed E-state index contributed by atoms with van der Waals surface area (Å²) < 4.78 is 2.25. The van der Waals surface area contributed by atoms with Crippen molar-refractivity contribution >= 4 is 5.69 Å². The highest BCUT2D eigenvalue weighted by Crippen LogP contribution is 2.17. The van der Waals surface area contributed by atoms with Crippen LogP contribution < -0.4 is 5.32 Å². The van der Waals surface area contributed by atoms with Gasteiger partial charge in [-0.25, -0.2) is 4.98 Å². The minimum Gasteiger partial charge on any atom is -0.383 e. The molecule has 0 amide bonds. The van der Waals surface area contributed by atoms with Gasteiger partial charge in [-0.2, -0.15) is 0 Å². The van der Waals surface area contributed by atoms with Gasteiger partial charge in [0.15, 0.2) is 0 Å². The Morgan fingerprint density at radius 2 is 1.89 bits per heavy atom. The van der Waals surface area contributed by atoms with E-state index in [0.717, 1.165) is 18.1 Å². The Morgan fingerprint density at radius 1 is 1.17 bits per heavy atom. The first kappa shape index (κ1) is 12.7. The van der Waals surface area contributed by atoms with Crippen LogP contribution in [-0.4, -0.2) is 16.1 Å². The molecule has 0 spiro atoms. The van der Waals surface area contributed by atoms with Crippen molar-refractivity contribution in [3.63, 3.8) is 0 Å². The molecule has 96 valence electrons. The smallest absolute Gasteiger partial charge is 0.111 e. The Hall–Kier alpha value is -1.77. The normalized spacial score (nSPS) is 12.7. The minimum absolute atomic E-state index is 0.394. The van der Waals surface area contributed by atoms with E-state index in [1.54, 1.807) is 0 Å². The van der Waals surface area contributed by atoms with Crippen LogP contribution in [0.5, 0.6) is 0 Å². The second-order valence-corrected chi connectivity index (χ2v) is 4.94. The Balaban J connectivity index is 1.99. The lowest BCUT2D eigenvalue weighted by molar-refractivity contribution is 0.530. The number of nitrogens with one attached hydrogen (secondary N) is 1. The van der Waals surface area contributed by atoms with Crippen molar-refractivity contribution in [2.45, 2.75) is 32.7 Å². The average molecular weight is 243 g/mol. The molecule has 1 heterocycles. The standard InChI is InChI=1S/C15H21N3/c1-12(2)15-16-9-10-18(15)13(3)11-17-14-7-5-4-6-8-14/h4-10,12-13,17H,11H2,1-3H3. The number of anilines is 1. The fourth-order valence-corrected chi connectivity index (χ4v) is 2.06. The lowest BCUT2D eigenvalue weighted by Gasteiger charge is -2.19. The van der Waals surface area contributed by atoms with Crippen LogP contribution in [0.2, 0.25) is 0 Å². The van der Waals surface area contributed by atoms with Crippen molar-refractivity contribution < 1.29 is 0 Å². The largest absolute Gasteiger partial charge is 0.383 e. The molecule has 0 aliphatic carbocycles. The summed E-state index contributed by atoms with van der Waals surface area (Å²) >= 11 is 0. The fraction of sp³-hybridized carbons (Fsp3) is 0.400. The molecule has 0 saturated carbocycles. The molecule has 0 bridgehead atoms. The zero-order valence-electron chi connectivity index (χ0n) is 11.3. The van der Waals surface area contributed by atoms with E-state index in [1.807, 2.05) is 24.4 Å². The lowest BCUT2D eigenvalue weighted by Crippen LogP contribution is -2.18. The number of rotatable bonds is 5. The lowest BCUT2D eigenvalue weighted by atomic mass is 10.2. The molecular formula is C15H21N3. The van der Waals surface area contributed by atoms with Gasteiger partial charge in [-0.15, -0.1) is 0 Å². The van der Waals surface area contributed by atoms with Crippen LogP contribution in [0.4, 0.5) is 5.69 Å². The highest BCUT2D eigenvalue weighted by molar-refractivity contribution is 5.42. The van der Waals surface area contributed by atoms with Gasteiger partial charge in [0, 0.05) is 36.6 Å². The summed E-state index contributed by atoms with van der Waals surface area (Å²) in [5.41, 5.74) is 1.16. The van der Waals surface area contributed by atoms with E-state index in [0.29, 0.717) is 12.0 Å². The van der Waals surface area contributed by atoms with E-state index < -0.39 is 0 Å². The van der Waals surface area contributed by atoms with Crippen LogP contribution in [0.15, 0.2) is 42.7 Å². The predicted octanol–water partition coefficient (Wildman–Crippen LogP) is 3.68. The van der Waals surface area contributed by atoms with Crippen molar-refractivity contribution in [1.29, 1.82) is 0 Å². The molecule has 0 saturated heterocycles. The van der Waals surface area contributed by atoms with Gasteiger partial charge in [-0.05, 0) is 19.1 Å². The van der Waals surface area contributed by atoms with E-state index >= 15 is 0 Å². The van der Waals surface area contributed by atoms with Crippen LogP contribution in [0.3, 0.4) is 0 Å². The third-order valence-corrected chi connectivity index (χ3v) is 3.07. The summed E-state index contributed by atoms with van der Waals surface area (Å²) in [6.07, 6.45) is 3.95. The van der Waals surface area contributed by atoms with Crippen molar-refractivity contribution in [1.82, 2.24) is 9.55 Å². The number of para-hydroxylation sites is 1. The maximum Gasteiger partial charge on any atom is 0.111 e. The highest BCUT2D eigenvalue weighted by atomic mass is 15.1. The number of aromatic nitrogens is 2. The molecular weight excluding hydrogens is 222 g/mol. The van der Waals surface area contributed by atoms with Crippen LogP contribution in [0.25, 0.3) is 0 Å². The molecule has 2 aromatic rings. The fourth-order valence-electron chi connectivity index (χ4n) is 2.06. The van der Waals surface area contributed by atoms with Crippen LogP contribution in [0.1, 0.15) is 38.6 Å². The van der Waals surface area contributed by atoms with Gasteiger partial charge in [-0.1, -0.05) is 32.0 Å². The molecule has 1 atom stereocenters. The van der Waals surface area contributed by atoms with Crippen molar-refractivity contribution in [3.8, 4) is 0 Å². The van der Waals surface area contributed by atoms with Crippen LogP contribution >= 0.6 is 0 Å². The Morgan fingerprint density at radius 3 is 2.56 bits per heavy atom. The number of hydrogen-bond acceptors (Lipinski definition) is 2. The average Bonchev–Trinajstić information content (AvgIpc) is 2.86. The number of benzene rings is 1. The minimum atomic E-state index is 0.394. The Kier molecular flexibility index (Phi) is 4.03. The molecule has 0 aliphatic heterocycles. The molecule has 1 unspecified atom stereocenters. The van der Waals surface area contributed by atoms with Gasteiger partial charge in [0.25, 0.3) is 0 Å². The van der Waals surface area contributed by atoms with Gasteiger partial charge in [0.1, 0.15) is 5.82 Å². The van der Waals surface area contributed by atoms with Crippen LogP contribution in [0, 0.1) is 0 Å². The first-order valence-electron chi connectivity index (χ1n) is 6.50. The number of hydrogen-bond donors (Lipinski definition) is 1. The third kappa shape index (κ3) is 2.92. The highest BCUT2D eigenvalue weighted by Gasteiger charge is 2.12. The summed E-state index contributed by atoms with van der Waals surface area (Å²) in [5, 5.41) is 3.45. The monoisotopic (exact) mass is 243 g/mol. The van der Waals surface area contributed by atoms with Gasteiger partial charge in [0.05, 0.1) is 0 Å². The maximum absolute atomic E-state index is 4.43. The topological polar surface area (TPSA) is 29.9 Å². The third-order valence-electron chi connectivity index (χ3n) is 3.07. The maximum atomic E-state index is 4.43. The second kappa shape index (κ2) is 5.71. The van der Waals surface area contributed by atoms with E-state index in [1.165, 1.54) is 0 Å². The van der Waals surface area contributed by atoms with E-state index in [-0.39, 0.29) is 0 Å². The van der Waals surface area contributed by atoms with Crippen molar-refractivity contribution in [3.05, 3.63) is 48.5 Å². The zero-order valence-corrected chi connectivity index (χ0v) is 11.3. The molecule has 2 rings (SSSR count). The Bertz CT molecular complexity index is 473. The van der Waals surface area contributed by atoms with Crippen LogP contribution in [-0.2, 0) is 0 Å². The van der Waals surface area contributed by atoms with Crippen molar-refractivity contribution in [2.24, 2.45) is 0 Å². The van der Waals surface area contributed by atoms with E-state index in [2.05, 4.69) is 54.0 Å². The quantitative estimate of drug-likeness (QED) is 0.868. The van der Waals surface area contributed by atoms with Gasteiger partial charge < -0.3 is 9.88 Å². The van der Waals surface area contributed by atoms with Gasteiger partial charge in [0.2, 0.25) is 0 Å². The number of nitrogens with zero attached hydrogens (tertiary/aromatic N) is 2. The van der Waals surface area contributed by atoms with Crippen molar-refractivity contribution in [2.75, 3.05) is 11.9 Å². The SMILES string of the molecule is CC(C)c1nccn1C(C)CNc1ccccc1. The molecule has 1 aromatic carbocycles. The second-order valence-electron chi connectivity index (χ2n) is 4.94. The summed E-state index contributed by atoms with van der Waals surface area (Å²) in [7, 11) is 0. The molecule has 3 heteroatoms. The van der Waals surface area contributed by atoms with Gasteiger partial charge >= 0.3 is 0 Å². The first-order valence-corrected chi connectivity index (χ1v) is 6.50. The zero-order chi connectivity index (χ0) is 13.0. The molecule has 0 fully saturated rings. The Labute approximate surface area is 109 Å². The molecule has 3 nitrogen and oxygen atoms in total. The summed E-state index contributed by atoms with van der Waals surface area (Å²) in [5.74, 6) is 1.61. The molecule has 0 aliphatic rings.